The maximum Gasteiger partial charge on any atom is 0.264 e. The van der Waals surface area contributed by atoms with Crippen LogP contribution >= 0.6 is 11.8 Å². The topological polar surface area (TPSA) is 58.6 Å². The van der Waals surface area contributed by atoms with E-state index in [9.17, 15) is 9.59 Å². The summed E-state index contributed by atoms with van der Waals surface area (Å²) in [6, 6.07) is 13.4. The molecule has 0 spiro atoms. The molecule has 168 valence electrons. The van der Waals surface area contributed by atoms with E-state index in [4.69, 9.17) is 4.74 Å². The number of amides is 2. The molecule has 3 atom stereocenters. The Labute approximate surface area is 194 Å². The maximum absolute atomic E-state index is 13.0. The summed E-state index contributed by atoms with van der Waals surface area (Å²) in [5.41, 5.74) is 2.30. The molecule has 1 heterocycles. The van der Waals surface area contributed by atoms with Crippen molar-refractivity contribution in [1.29, 1.82) is 0 Å². The summed E-state index contributed by atoms with van der Waals surface area (Å²) < 4.78 is 5.20. The highest BCUT2D eigenvalue weighted by atomic mass is 32.2. The minimum Gasteiger partial charge on any atom is -0.497 e. The van der Waals surface area contributed by atoms with Crippen molar-refractivity contribution < 1.29 is 14.3 Å². The zero-order valence-electron chi connectivity index (χ0n) is 19.1. The maximum atomic E-state index is 13.0. The van der Waals surface area contributed by atoms with Crippen molar-refractivity contribution in [2.45, 2.75) is 44.0 Å². The zero-order chi connectivity index (χ0) is 22.8. The first-order chi connectivity index (χ1) is 15.4. The van der Waals surface area contributed by atoms with E-state index in [0.717, 1.165) is 34.7 Å². The molecule has 3 unspecified atom stereocenters. The second-order valence-corrected chi connectivity index (χ2v) is 9.86. The lowest BCUT2D eigenvalue weighted by Gasteiger charge is -2.34. The summed E-state index contributed by atoms with van der Waals surface area (Å²) >= 11 is 1.44. The van der Waals surface area contributed by atoms with E-state index in [2.05, 4.69) is 19.2 Å². The molecule has 2 aliphatic rings. The van der Waals surface area contributed by atoms with Crippen molar-refractivity contribution in [2.75, 3.05) is 19.1 Å². The van der Waals surface area contributed by atoms with Gasteiger partial charge in [-0.25, -0.2) is 0 Å². The molecule has 0 aromatic heterocycles. The summed E-state index contributed by atoms with van der Waals surface area (Å²) in [6.45, 7) is 4.48. The first kappa shape index (κ1) is 22.5. The summed E-state index contributed by atoms with van der Waals surface area (Å²) in [5.74, 6) is 1.72. The molecule has 6 heteroatoms. The molecule has 1 saturated carbocycles. The number of anilines is 1. The van der Waals surface area contributed by atoms with Gasteiger partial charge in [-0.3, -0.25) is 9.59 Å². The number of rotatable bonds is 4. The van der Waals surface area contributed by atoms with Gasteiger partial charge in [0.25, 0.3) is 11.8 Å². The second kappa shape index (κ2) is 9.41. The van der Waals surface area contributed by atoms with Crippen LogP contribution in [0.25, 0.3) is 6.08 Å². The van der Waals surface area contributed by atoms with Crippen LogP contribution < -0.4 is 15.0 Å². The van der Waals surface area contributed by atoms with Gasteiger partial charge in [-0.1, -0.05) is 50.6 Å². The van der Waals surface area contributed by atoms with Crippen molar-refractivity contribution in [3.63, 3.8) is 0 Å². The Morgan fingerprint density at radius 1 is 1.16 bits per heavy atom. The minimum absolute atomic E-state index is 0.0656. The van der Waals surface area contributed by atoms with Crippen molar-refractivity contribution in [2.24, 2.45) is 11.8 Å². The highest BCUT2D eigenvalue weighted by molar-refractivity contribution is 8.04. The van der Waals surface area contributed by atoms with Gasteiger partial charge in [0.1, 0.15) is 5.75 Å². The van der Waals surface area contributed by atoms with Gasteiger partial charge in [0, 0.05) is 23.5 Å². The molecular formula is C26H30N2O3S. The SMILES string of the molecule is COc1ccc(C=C2Sc3ccc(C(=O)NC4CCCC(C)C4C)cc3N(C)C2=O)cc1. The highest BCUT2D eigenvalue weighted by Crippen LogP contribution is 2.42. The van der Waals surface area contributed by atoms with Gasteiger partial charge in [0.05, 0.1) is 17.7 Å². The van der Waals surface area contributed by atoms with Gasteiger partial charge in [0.15, 0.2) is 0 Å². The van der Waals surface area contributed by atoms with Crippen LogP contribution in [0.15, 0.2) is 52.3 Å². The van der Waals surface area contributed by atoms with Crippen LogP contribution in [0.3, 0.4) is 0 Å². The second-order valence-electron chi connectivity index (χ2n) is 8.78. The standard InChI is InChI=1S/C26H30N2O3S/c1-16-6-5-7-21(17(16)2)27-25(29)19-10-13-23-22(15-19)28(3)26(30)24(32-23)14-18-8-11-20(31-4)12-9-18/h8-17,21H,5-7H2,1-4H3,(H,27,29). The van der Waals surface area contributed by atoms with Crippen LogP contribution in [-0.4, -0.2) is 32.0 Å². The minimum atomic E-state index is -0.0781. The van der Waals surface area contributed by atoms with Crippen LogP contribution in [0, 0.1) is 11.8 Å². The van der Waals surface area contributed by atoms with Crippen LogP contribution in [0.4, 0.5) is 5.69 Å². The lowest BCUT2D eigenvalue weighted by molar-refractivity contribution is -0.114. The highest BCUT2D eigenvalue weighted by Gasteiger charge is 2.30. The number of thioether (sulfide) groups is 1. The van der Waals surface area contributed by atoms with E-state index in [0.29, 0.717) is 22.3 Å². The van der Waals surface area contributed by atoms with E-state index in [1.54, 1.807) is 19.1 Å². The average molecular weight is 451 g/mol. The molecule has 4 rings (SSSR count). The number of carbonyl (C=O) groups excluding carboxylic acids is 2. The Bertz CT molecular complexity index is 1050. The molecule has 2 amide bonds. The third kappa shape index (κ3) is 4.56. The third-order valence-corrected chi connectivity index (χ3v) is 7.83. The monoisotopic (exact) mass is 450 g/mol. The molecule has 0 bridgehead atoms. The molecule has 1 aliphatic carbocycles. The number of ether oxygens (including phenoxy) is 1. The molecule has 1 fully saturated rings. The first-order valence-corrected chi connectivity index (χ1v) is 12.0. The first-order valence-electron chi connectivity index (χ1n) is 11.1. The average Bonchev–Trinajstić information content (AvgIpc) is 2.80. The number of carbonyl (C=O) groups is 2. The summed E-state index contributed by atoms with van der Waals surface area (Å²) in [7, 11) is 3.39. The van der Waals surface area contributed by atoms with E-state index >= 15 is 0 Å². The number of likely N-dealkylation sites (N-methyl/N-ethyl adjacent to an activating group) is 1. The predicted octanol–water partition coefficient (Wildman–Crippen LogP) is 5.36. The molecule has 1 N–H and O–H groups in total. The number of hydrogen-bond acceptors (Lipinski definition) is 4. The molecule has 1 aliphatic heterocycles. The van der Waals surface area contributed by atoms with Crippen LogP contribution in [-0.2, 0) is 4.79 Å². The van der Waals surface area contributed by atoms with Gasteiger partial charge >= 0.3 is 0 Å². The van der Waals surface area contributed by atoms with Gasteiger partial charge in [-0.2, -0.15) is 0 Å². The van der Waals surface area contributed by atoms with Gasteiger partial charge in [0.2, 0.25) is 0 Å². The van der Waals surface area contributed by atoms with Gasteiger partial charge in [-0.05, 0) is 60.2 Å². The van der Waals surface area contributed by atoms with Crippen molar-refractivity contribution in [3.8, 4) is 5.75 Å². The quantitative estimate of drug-likeness (QED) is 0.637. The fourth-order valence-electron chi connectivity index (χ4n) is 4.42. The molecule has 2 aromatic carbocycles. The molecule has 0 saturated heterocycles. The number of hydrogen-bond donors (Lipinski definition) is 1. The Morgan fingerprint density at radius 3 is 2.62 bits per heavy atom. The predicted molar refractivity (Wildman–Crippen MR) is 130 cm³/mol. The Hall–Kier alpha value is -2.73. The number of nitrogens with one attached hydrogen (secondary N) is 1. The van der Waals surface area contributed by atoms with Crippen LogP contribution in [0.2, 0.25) is 0 Å². The van der Waals surface area contributed by atoms with Gasteiger partial charge in [-0.15, -0.1) is 0 Å². The van der Waals surface area contributed by atoms with Crippen molar-refractivity contribution >= 4 is 35.3 Å². The van der Waals surface area contributed by atoms with E-state index < -0.39 is 0 Å². The third-order valence-electron chi connectivity index (χ3n) is 6.75. The molecular weight excluding hydrogens is 420 g/mol. The van der Waals surface area contributed by atoms with Gasteiger partial charge < -0.3 is 15.0 Å². The number of methoxy groups -OCH3 is 1. The summed E-state index contributed by atoms with van der Waals surface area (Å²) in [5, 5.41) is 3.23. The lowest BCUT2D eigenvalue weighted by atomic mass is 9.78. The smallest absolute Gasteiger partial charge is 0.264 e. The zero-order valence-corrected chi connectivity index (χ0v) is 19.9. The van der Waals surface area contributed by atoms with Crippen molar-refractivity contribution in [1.82, 2.24) is 5.32 Å². The number of benzene rings is 2. The Kier molecular flexibility index (Phi) is 6.60. The normalized spacial score (nSPS) is 24.2. The Balaban J connectivity index is 1.53. The van der Waals surface area contributed by atoms with E-state index in [1.165, 1.54) is 18.2 Å². The summed E-state index contributed by atoms with van der Waals surface area (Å²) in [6.07, 6.45) is 5.29. The number of fused-ring (bicyclic) bond motifs is 1. The summed E-state index contributed by atoms with van der Waals surface area (Å²) in [4.78, 5) is 29.2. The van der Waals surface area contributed by atoms with E-state index in [1.807, 2.05) is 48.5 Å². The Morgan fingerprint density at radius 2 is 1.91 bits per heavy atom. The fourth-order valence-corrected chi connectivity index (χ4v) is 5.52. The molecule has 2 aromatic rings. The van der Waals surface area contributed by atoms with E-state index in [-0.39, 0.29) is 17.9 Å². The molecule has 5 nitrogen and oxygen atoms in total. The largest absolute Gasteiger partial charge is 0.497 e. The van der Waals surface area contributed by atoms with Crippen LogP contribution in [0.5, 0.6) is 5.75 Å². The molecule has 0 radical (unpaired) electrons. The fraction of sp³-hybridized carbons (Fsp3) is 0.385. The molecule has 32 heavy (non-hydrogen) atoms. The van der Waals surface area contributed by atoms with Crippen molar-refractivity contribution in [3.05, 3.63) is 58.5 Å². The van der Waals surface area contributed by atoms with Crippen LogP contribution in [0.1, 0.15) is 49.0 Å². The number of nitrogens with zero attached hydrogens (tertiary/aromatic N) is 1. The lowest BCUT2D eigenvalue weighted by Crippen LogP contribution is -2.43.